The Balaban J connectivity index is 1.81. The van der Waals surface area contributed by atoms with E-state index in [2.05, 4.69) is 0 Å². The molecule has 0 atom stereocenters. The van der Waals surface area contributed by atoms with Crippen LogP contribution in [0.25, 0.3) is 6.08 Å². The van der Waals surface area contributed by atoms with Crippen LogP contribution in [0.4, 0.5) is 4.79 Å². The minimum atomic E-state index is -0.645. The van der Waals surface area contributed by atoms with Crippen molar-refractivity contribution in [1.29, 1.82) is 0 Å². The van der Waals surface area contributed by atoms with Gasteiger partial charge in [-0.15, -0.1) is 0 Å². The molecule has 0 spiro atoms. The number of methoxy groups -OCH3 is 2. The van der Waals surface area contributed by atoms with Gasteiger partial charge in [-0.1, -0.05) is 0 Å². The fourth-order valence-corrected chi connectivity index (χ4v) is 2.75. The van der Waals surface area contributed by atoms with Gasteiger partial charge in [-0.25, -0.2) is 9.59 Å². The summed E-state index contributed by atoms with van der Waals surface area (Å²) in [5.74, 6) is 0.240. The van der Waals surface area contributed by atoms with Gasteiger partial charge in [0.2, 0.25) is 0 Å². The number of rotatable bonds is 7. The molecule has 1 saturated heterocycles. The molecule has 9 nitrogen and oxygen atoms in total. The molecule has 0 bridgehead atoms. The second kappa shape index (κ2) is 10.9. The van der Waals surface area contributed by atoms with E-state index in [9.17, 15) is 14.4 Å². The van der Waals surface area contributed by atoms with E-state index in [1.165, 1.54) is 19.3 Å². The second-order valence-corrected chi connectivity index (χ2v) is 6.12. The number of esters is 1. The van der Waals surface area contributed by atoms with Gasteiger partial charge in [0.25, 0.3) is 5.91 Å². The highest BCUT2D eigenvalue weighted by Gasteiger charge is 2.25. The van der Waals surface area contributed by atoms with Crippen molar-refractivity contribution in [3.63, 3.8) is 0 Å². The maximum atomic E-state index is 12.2. The molecule has 29 heavy (non-hydrogen) atoms. The Bertz CT molecular complexity index is 755. The van der Waals surface area contributed by atoms with Crippen molar-refractivity contribution in [3.05, 3.63) is 29.8 Å². The van der Waals surface area contributed by atoms with Crippen LogP contribution in [0.3, 0.4) is 0 Å². The summed E-state index contributed by atoms with van der Waals surface area (Å²) in [6.07, 6.45) is 2.37. The molecule has 0 unspecified atom stereocenters. The van der Waals surface area contributed by atoms with Gasteiger partial charge >= 0.3 is 12.1 Å². The van der Waals surface area contributed by atoms with E-state index in [-0.39, 0.29) is 18.6 Å². The smallest absolute Gasteiger partial charge is 0.409 e. The molecule has 0 aliphatic carbocycles. The number of piperazine rings is 1. The highest BCUT2D eigenvalue weighted by molar-refractivity contribution is 5.89. The van der Waals surface area contributed by atoms with Crippen LogP contribution in [0.1, 0.15) is 12.5 Å². The zero-order valence-corrected chi connectivity index (χ0v) is 16.9. The molecular formula is C20H26N2O7. The van der Waals surface area contributed by atoms with Gasteiger partial charge < -0.3 is 28.7 Å². The zero-order valence-electron chi connectivity index (χ0n) is 16.9. The van der Waals surface area contributed by atoms with Crippen molar-refractivity contribution < 1.29 is 33.3 Å². The minimum Gasteiger partial charge on any atom is -0.497 e. The standard InChI is InChI=1S/C20H26N2O7/c1-4-28-20(25)22-11-9-21(10-12-22)18(23)14-29-19(24)8-5-15-13-16(26-2)6-7-17(15)27-3/h5-8,13H,4,9-12,14H2,1-3H3/b8-5+. The van der Waals surface area contributed by atoms with Gasteiger partial charge in [0, 0.05) is 37.8 Å². The molecule has 2 amide bonds. The summed E-state index contributed by atoms with van der Waals surface area (Å²) in [5.41, 5.74) is 0.644. The summed E-state index contributed by atoms with van der Waals surface area (Å²) in [4.78, 5) is 38.9. The van der Waals surface area contributed by atoms with E-state index in [0.717, 1.165) is 0 Å². The lowest BCUT2D eigenvalue weighted by Crippen LogP contribution is -2.51. The molecule has 0 radical (unpaired) electrons. The maximum Gasteiger partial charge on any atom is 0.409 e. The molecule has 1 aliphatic rings. The van der Waals surface area contributed by atoms with Gasteiger partial charge in [0.05, 0.1) is 20.8 Å². The van der Waals surface area contributed by atoms with E-state index in [1.807, 2.05) is 0 Å². The third-order valence-corrected chi connectivity index (χ3v) is 4.33. The fraction of sp³-hybridized carbons (Fsp3) is 0.450. The summed E-state index contributed by atoms with van der Waals surface area (Å²) in [6.45, 7) is 3.19. The van der Waals surface area contributed by atoms with Gasteiger partial charge in [0.15, 0.2) is 6.61 Å². The first-order valence-electron chi connectivity index (χ1n) is 9.24. The Labute approximate surface area is 169 Å². The average Bonchev–Trinajstić information content (AvgIpc) is 2.75. The lowest BCUT2D eigenvalue weighted by molar-refractivity contribution is -0.148. The third-order valence-electron chi connectivity index (χ3n) is 4.33. The van der Waals surface area contributed by atoms with Crippen molar-refractivity contribution in [3.8, 4) is 11.5 Å². The first-order chi connectivity index (χ1) is 14.0. The van der Waals surface area contributed by atoms with Crippen LogP contribution in [-0.2, 0) is 19.1 Å². The largest absolute Gasteiger partial charge is 0.497 e. The predicted octanol–water partition coefficient (Wildman–Crippen LogP) is 1.56. The van der Waals surface area contributed by atoms with Gasteiger partial charge in [-0.05, 0) is 31.2 Å². The molecule has 1 aromatic rings. The molecule has 1 aromatic carbocycles. The summed E-state index contributed by atoms with van der Waals surface area (Å²) in [5, 5.41) is 0. The normalized spacial score (nSPS) is 13.9. The highest BCUT2D eigenvalue weighted by atomic mass is 16.6. The number of benzene rings is 1. The molecule has 0 aromatic heterocycles. The van der Waals surface area contributed by atoms with Crippen LogP contribution in [0.2, 0.25) is 0 Å². The lowest BCUT2D eigenvalue weighted by Gasteiger charge is -2.33. The number of carbonyl (C=O) groups is 3. The van der Waals surface area contributed by atoms with Crippen molar-refractivity contribution in [2.45, 2.75) is 6.92 Å². The van der Waals surface area contributed by atoms with Crippen molar-refractivity contribution in [2.75, 3.05) is 53.6 Å². The van der Waals surface area contributed by atoms with Gasteiger partial charge in [-0.3, -0.25) is 4.79 Å². The van der Waals surface area contributed by atoms with Crippen LogP contribution in [0.5, 0.6) is 11.5 Å². The van der Waals surface area contributed by atoms with Crippen LogP contribution >= 0.6 is 0 Å². The summed E-state index contributed by atoms with van der Waals surface area (Å²) < 4.78 is 20.4. The zero-order chi connectivity index (χ0) is 21.2. The highest BCUT2D eigenvalue weighted by Crippen LogP contribution is 2.25. The molecule has 1 fully saturated rings. The fourth-order valence-electron chi connectivity index (χ4n) is 2.75. The minimum absolute atomic E-state index is 0.309. The summed E-state index contributed by atoms with van der Waals surface area (Å²) in [7, 11) is 3.07. The molecule has 2 rings (SSSR count). The number of ether oxygens (including phenoxy) is 4. The molecule has 0 saturated carbocycles. The maximum absolute atomic E-state index is 12.2. The SMILES string of the molecule is CCOC(=O)N1CCN(C(=O)COC(=O)/C=C/c2cc(OC)ccc2OC)CC1. The quantitative estimate of drug-likeness (QED) is 0.501. The lowest BCUT2D eigenvalue weighted by atomic mass is 10.1. The Morgan fingerprint density at radius 1 is 1.00 bits per heavy atom. The molecular weight excluding hydrogens is 380 g/mol. The van der Waals surface area contributed by atoms with Crippen molar-refractivity contribution >= 4 is 24.0 Å². The number of amides is 2. The number of carbonyl (C=O) groups excluding carboxylic acids is 3. The van der Waals surface area contributed by atoms with E-state index < -0.39 is 5.97 Å². The second-order valence-electron chi connectivity index (χ2n) is 6.12. The number of hydrogen-bond donors (Lipinski definition) is 0. The molecule has 1 heterocycles. The van der Waals surface area contributed by atoms with E-state index in [4.69, 9.17) is 18.9 Å². The Morgan fingerprint density at radius 2 is 1.69 bits per heavy atom. The Kier molecular flexibility index (Phi) is 8.32. The summed E-state index contributed by atoms with van der Waals surface area (Å²) >= 11 is 0. The number of nitrogens with zero attached hydrogens (tertiary/aromatic N) is 2. The van der Waals surface area contributed by atoms with E-state index in [0.29, 0.717) is 49.8 Å². The predicted molar refractivity (Wildman–Crippen MR) is 105 cm³/mol. The van der Waals surface area contributed by atoms with Crippen LogP contribution in [0.15, 0.2) is 24.3 Å². The molecule has 1 aliphatic heterocycles. The first-order valence-corrected chi connectivity index (χ1v) is 9.24. The van der Waals surface area contributed by atoms with E-state index in [1.54, 1.807) is 42.0 Å². The Hall–Kier alpha value is -3.23. The third kappa shape index (κ3) is 6.41. The first kappa shape index (κ1) is 22.1. The molecule has 9 heteroatoms. The van der Waals surface area contributed by atoms with E-state index >= 15 is 0 Å². The van der Waals surface area contributed by atoms with Crippen LogP contribution in [-0.4, -0.2) is 81.4 Å². The monoisotopic (exact) mass is 406 g/mol. The topological polar surface area (TPSA) is 94.6 Å². The van der Waals surface area contributed by atoms with Crippen molar-refractivity contribution in [1.82, 2.24) is 9.80 Å². The molecule has 158 valence electrons. The average molecular weight is 406 g/mol. The number of hydrogen-bond acceptors (Lipinski definition) is 7. The van der Waals surface area contributed by atoms with Gasteiger partial charge in [-0.2, -0.15) is 0 Å². The molecule has 0 N–H and O–H groups in total. The van der Waals surface area contributed by atoms with Crippen LogP contribution in [0, 0.1) is 0 Å². The Morgan fingerprint density at radius 3 is 2.31 bits per heavy atom. The summed E-state index contributed by atoms with van der Waals surface area (Å²) in [6, 6.07) is 5.19. The van der Waals surface area contributed by atoms with Crippen LogP contribution < -0.4 is 9.47 Å². The van der Waals surface area contributed by atoms with Gasteiger partial charge in [0.1, 0.15) is 11.5 Å². The van der Waals surface area contributed by atoms with Crippen molar-refractivity contribution in [2.24, 2.45) is 0 Å².